The number of carbonyl (C=O) groups excluding carboxylic acids is 1. The number of ether oxygens (including phenoxy) is 1. The van der Waals surface area contributed by atoms with Gasteiger partial charge >= 0.3 is 0 Å². The molecule has 2 unspecified atom stereocenters. The maximum atomic E-state index is 12.7. The minimum atomic E-state index is -0.658. The van der Waals surface area contributed by atoms with Gasteiger partial charge in [-0.25, -0.2) is 0 Å². The lowest BCUT2D eigenvalue weighted by Crippen LogP contribution is -2.49. The first-order valence-corrected chi connectivity index (χ1v) is 8.84. The molecule has 1 aromatic carbocycles. The second-order valence-corrected chi connectivity index (χ2v) is 7.21. The van der Waals surface area contributed by atoms with E-state index in [1.807, 2.05) is 27.7 Å². The first-order valence-electron chi connectivity index (χ1n) is 8.84. The summed E-state index contributed by atoms with van der Waals surface area (Å²) in [5.41, 5.74) is 3.87. The highest BCUT2D eigenvalue weighted by atomic mass is 16.5. The van der Waals surface area contributed by atoms with E-state index >= 15 is 0 Å². The van der Waals surface area contributed by atoms with Crippen molar-refractivity contribution in [1.82, 2.24) is 5.32 Å². The fourth-order valence-electron chi connectivity index (χ4n) is 4.42. The van der Waals surface area contributed by atoms with E-state index in [0.717, 1.165) is 41.5 Å². The van der Waals surface area contributed by atoms with E-state index < -0.39 is 5.54 Å². The Morgan fingerprint density at radius 1 is 1.29 bits per heavy atom. The number of aliphatic hydroxyl groups excluding tert-OH is 1. The van der Waals surface area contributed by atoms with Crippen LogP contribution in [0.1, 0.15) is 54.9 Å². The first kappa shape index (κ1) is 17.0. The summed E-state index contributed by atoms with van der Waals surface area (Å²) < 4.78 is 5.77. The van der Waals surface area contributed by atoms with Gasteiger partial charge in [-0.05, 0) is 63.6 Å². The Hall–Kier alpha value is -1.81. The molecule has 1 fully saturated rings. The van der Waals surface area contributed by atoms with Crippen LogP contribution in [0.2, 0.25) is 0 Å². The third-order valence-corrected chi connectivity index (χ3v) is 5.31. The predicted molar refractivity (Wildman–Crippen MR) is 95.0 cm³/mol. The number of carbonyl (C=O) groups is 1. The number of aryl methyl sites for hydroxylation is 3. The summed E-state index contributed by atoms with van der Waals surface area (Å²) in [7, 11) is 0. The summed E-state index contributed by atoms with van der Waals surface area (Å²) >= 11 is 0. The number of amides is 1. The van der Waals surface area contributed by atoms with Crippen LogP contribution in [0.25, 0.3) is 5.57 Å². The molecular weight excluding hydrogens is 302 g/mol. The van der Waals surface area contributed by atoms with Crippen molar-refractivity contribution in [1.29, 1.82) is 0 Å². The molecule has 24 heavy (non-hydrogen) atoms. The molecule has 1 aromatic rings. The molecule has 0 aromatic heterocycles. The van der Waals surface area contributed by atoms with E-state index in [1.165, 1.54) is 0 Å². The second-order valence-electron chi connectivity index (χ2n) is 7.21. The summed E-state index contributed by atoms with van der Waals surface area (Å²) in [4.78, 5) is 12.7. The summed E-state index contributed by atoms with van der Waals surface area (Å²) in [6, 6.07) is 4.12. The van der Waals surface area contributed by atoms with Crippen LogP contribution < -0.4 is 5.32 Å². The molecule has 130 valence electrons. The van der Waals surface area contributed by atoms with Crippen LogP contribution in [0.5, 0.6) is 0 Å². The number of aliphatic hydroxyl groups is 1. The highest BCUT2D eigenvalue weighted by molar-refractivity contribution is 6.24. The number of benzene rings is 1. The van der Waals surface area contributed by atoms with Gasteiger partial charge in [-0.1, -0.05) is 17.7 Å². The molecule has 1 spiro atoms. The first-order chi connectivity index (χ1) is 11.4. The van der Waals surface area contributed by atoms with Crippen molar-refractivity contribution in [2.75, 3.05) is 6.61 Å². The average Bonchev–Trinajstić information content (AvgIpc) is 2.71. The monoisotopic (exact) mass is 329 g/mol. The molecule has 2 aliphatic rings. The molecule has 1 aliphatic heterocycles. The van der Waals surface area contributed by atoms with Gasteiger partial charge in [0.1, 0.15) is 11.3 Å². The van der Waals surface area contributed by atoms with Gasteiger partial charge in [0, 0.05) is 13.0 Å². The number of rotatable bonds is 3. The molecule has 3 rings (SSSR count). The van der Waals surface area contributed by atoms with Gasteiger partial charge in [-0.15, -0.1) is 0 Å². The normalized spacial score (nSPS) is 27.0. The molecule has 0 saturated heterocycles. The van der Waals surface area contributed by atoms with Gasteiger partial charge in [0.15, 0.2) is 0 Å². The second kappa shape index (κ2) is 6.25. The maximum absolute atomic E-state index is 12.7. The van der Waals surface area contributed by atoms with E-state index in [2.05, 4.69) is 17.4 Å². The van der Waals surface area contributed by atoms with Crippen molar-refractivity contribution < 1.29 is 14.6 Å². The van der Waals surface area contributed by atoms with Gasteiger partial charge < -0.3 is 15.2 Å². The zero-order chi connectivity index (χ0) is 17.5. The van der Waals surface area contributed by atoms with Crippen molar-refractivity contribution in [3.05, 3.63) is 40.1 Å². The smallest absolute Gasteiger partial charge is 0.256 e. The average molecular weight is 329 g/mol. The van der Waals surface area contributed by atoms with Gasteiger partial charge in [0.25, 0.3) is 5.91 Å². The van der Waals surface area contributed by atoms with Crippen molar-refractivity contribution in [3.8, 4) is 0 Å². The summed E-state index contributed by atoms with van der Waals surface area (Å²) in [6.45, 7) is 8.68. The minimum Gasteiger partial charge on any atom is -0.509 e. The van der Waals surface area contributed by atoms with Gasteiger partial charge in [0.05, 0.1) is 11.7 Å². The van der Waals surface area contributed by atoms with Crippen molar-refractivity contribution in [3.63, 3.8) is 0 Å². The molecule has 4 heteroatoms. The van der Waals surface area contributed by atoms with E-state index in [9.17, 15) is 9.90 Å². The molecule has 1 saturated carbocycles. The highest BCUT2D eigenvalue weighted by Gasteiger charge is 2.49. The van der Waals surface area contributed by atoms with Crippen LogP contribution in [0.4, 0.5) is 0 Å². The third-order valence-electron chi connectivity index (χ3n) is 5.31. The number of nitrogens with one attached hydrogen (secondary N) is 1. The highest BCUT2D eigenvalue weighted by Crippen LogP contribution is 2.43. The maximum Gasteiger partial charge on any atom is 0.256 e. The van der Waals surface area contributed by atoms with Crippen LogP contribution >= 0.6 is 0 Å². The molecule has 0 bridgehead atoms. The Morgan fingerprint density at radius 2 is 1.96 bits per heavy atom. The Bertz CT molecular complexity index is 682. The molecular formula is C20H27NO3. The summed E-state index contributed by atoms with van der Waals surface area (Å²) in [5.74, 6) is 0.0339. The van der Waals surface area contributed by atoms with Crippen LogP contribution in [0, 0.1) is 20.8 Å². The van der Waals surface area contributed by atoms with Gasteiger partial charge in [0.2, 0.25) is 0 Å². The molecule has 1 amide bonds. The van der Waals surface area contributed by atoms with Gasteiger partial charge in [-0.3, -0.25) is 4.79 Å². The lowest BCUT2D eigenvalue weighted by molar-refractivity contribution is -0.117. The Balaban J connectivity index is 2.05. The van der Waals surface area contributed by atoms with E-state index in [4.69, 9.17) is 4.74 Å². The molecule has 1 aliphatic carbocycles. The minimum absolute atomic E-state index is 0.0887. The van der Waals surface area contributed by atoms with Crippen LogP contribution in [-0.2, 0) is 9.53 Å². The quantitative estimate of drug-likeness (QED) is 0.888. The van der Waals surface area contributed by atoms with E-state index in [0.29, 0.717) is 18.6 Å². The number of hydrogen-bond acceptors (Lipinski definition) is 3. The molecule has 2 N–H and O–H groups in total. The van der Waals surface area contributed by atoms with E-state index in [1.54, 1.807) is 0 Å². The zero-order valence-electron chi connectivity index (χ0n) is 15.0. The summed E-state index contributed by atoms with van der Waals surface area (Å²) in [5, 5.41) is 14.1. The van der Waals surface area contributed by atoms with Gasteiger partial charge in [-0.2, -0.15) is 0 Å². The molecule has 2 atom stereocenters. The standard InChI is InChI=1S/C20H27NO3/c1-5-24-15-7-6-8-20(11-15)18(22)17(19(23)21-20)16-13(3)9-12(2)10-14(16)4/h9-10,15,22H,5-8,11H2,1-4H3,(H,21,23). The topological polar surface area (TPSA) is 58.6 Å². The summed E-state index contributed by atoms with van der Waals surface area (Å²) in [6.07, 6.45) is 3.42. The Morgan fingerprint density at radius 3 is 2.58 bits per heavy atom. The largest absolute Gasteiger partial charge is 0.509 e. The van der Waals surface area contributed by atoms with Crippen molar-refractivity contribution in [2.24, 2.45) is 0 Å². The molecule has 4 nitrogen and oxygen atoms in total. The third kappa shape index (κ3) is 2.73. The lowest BCUT2D eigenvalue weighted by atomic mass is 9.78. The lowest BCUT2D eigenvalue weighted by Gasteiger charge is -2.37. The predicted octanol–water partition coefficient (Wildman–Crippen LogP) is 3.73. The Labute approximate surface area is 143 Å². The van der Waals surface area contributed by atoms with Crippen LogP contribution in [0.15, 0.2) is 17.9 Å². The molecule has 0 radical (unpaired) electrons. The fourth-order valence-corrected chi connectivity index (χ4v) is 4.42. The SMILES string of the molecule is CCOC1CCCC2(C1)NC(=O)C(c1c(C)cc(C)cc1C)=C2O. The molecule has 1 heterocycles. The number of hydrogen-bond donors (Lipinski definition) is 2. The van der Waals surface area contributed by atoms with Crippen molar-refractivity contribution >= 4 is 11.5 Å². The van der Waals surface area contributed by atoms with Crippen LogP contribution in [-0.4, -0.2) is 29.3 Å². The van der Waals surface area contributed by atoms with Crippen molar-refractivity contribution in [2.45, 2.75) is 65.0 Å². The van der Waals surface area contributed by atoms with Crippen LogP contribution in [0.3, 0.4) is 0 Å². The Kier molecular flexibility index (Phi) is 4.43. The fraction of sp³-hybridized carbons (Fsp3) is 0.550. The zero-order valence-corrected chi connectivity index (χ0v) is 15.0. The van der Waals surface area contributed by atoms with E-state index in [-0.39, 0.29) is 17.8 Å².